The number of nitrogens with zero attached hydrogens (tertiary/aromatic N) is 4. The second-order valence-corrected chi connectivity index (χ2v) is 3.86. The third-order valence-corrected chi connectivity index (χ3v) is 2.30. The van der Waals surface area contributed by atoms with Gasteiger partial charge in [0.25, 0.3) is 5.69 Å². The van der Waals surface area contributed by atoms with Crippen LogP contribution in [0.4, 0.5) is 11.4 Å². The number of carbonyl (C=O) groups excluding carboxylic acids is 1. The van der Waals surface area contributed by atoms with E-state index in [2.05, 4.69) is 15.3 Å². The Labute approximate surface area is 114 Å². The third kappa shape index (κ3) is 4.79. The summed E-state index contributed by atoms with van der Waals surface area (Å²) < 4.78 is 0. The number of anilines is 1. The van der Waals surface area contributed by atoms with Crippen molar-refractivity contribution >= 4 is 23.4 Å². The van der Waals surface area contributed by atoms with E-state index in [1.807, 2.05) is 0 Å². The molecule has 20 heavy (non-hydrogen) atoms. The summed E-state index contributed by atoms with van der Waals surface area (Å²) >= 11 is 0. The molecule has 104 valence electrons. The number of nitro groups is 1. The van der Waals surface area contributed by atoms with Crippen LogP contribution in [0.25, 0.3) is 16.5 Å². The lowest BCUT2D eigenvalue weighted by Crippen LogP contribution is -2.08. The molecule has 1 aromatic rings. The maximum absolute atomic E-state index is 11.0. The zero-order valence-electron chi connectivity index (χ0n) is 10.8. The van der Waals surface area contributed by atoms with E-state index in [1.54, 1.807) is 18.2 Å². The Balaban J connectivity index is 2.89. The molecule has 0 saturated carbocycles. The van der Waals surface area contributed by atoms with E-state index in [0.717, 1.165) is 0 Å². The smallest absolute Gasteiger partial charge is 0.293 e. The number of nitro benzene ring substituents is 1. The van der Waals surface area contributed by atoms with Crippen LogP contribution in [0.15, 0.2) is 29.4 Å². The van der Waals surface area contributed by atoms with Crippen LogP contribution in [0.2, 0.25) is 0 Å². The molecule has 8 nitrogen and oxygen atoms in total. The van der Waals surface area contributed by atoms with E-state index in [4.69, 9.17) is 5.53 Å². The lowest BCUT2D eigenvalue weighted by atomic mass is 10.1. The molecule has 0 aromatic heterocycles. The van der Waals surface area contributed by atoms with E-state index < -0.39 is 4.92 Å². The molecule has 1 rings (SSSR count). The zero-order valence-corrected chi connectivity index (χ0v) is 10.8. The summed E-state index contributed by atoms with van der Waals surface area (Å²) in [6.45, 7) is 1.62. The molecule has 0 spiro atoms. The van der Waals surface area contributed by atoms with E-state index in [0.29, 0.717) is 18.5 Å². The average Bonchev–Trinajstić information content (AvgIpc) is 2.39. The molecule has 0 fully saturated rings. The first-order valence-electron chi connectivity index (χ1n) is 5.78. The van der Waals surface area contributed by atoms with Crippen molar-refractivity contribution < 1.29 is 9.72 Å². The highest BCUT2D eigenvalue weighted by molar-refractivity contribution is 5.91. The molecular weight excluding hydrogens is 262 g/mol. The van der Waals surface area contributed by atoms with Crippen molar-refractivity contribution in [1.82, 2.24) is 0 Å². The van der Waals surface area contributed by atoms with Gasteiger partial charge in [0.1, 0.15) is 5.69 Å². The van der Waals surface area contributed by atoms with Crippen molar-refractivity contribution in [3.63, 3.8) is 0 Å². The lowest BCUT2D eigenvalue weighted by molar-refractivity contribution is -0.383. The van der Waals surface area contributed by atoms with Gasteiger partial charge in [0.2, 0.25) is 5.91 Å². The van der Waals surface area contributed by atoms with Gasteiger partial charge in [0.05, 0.1) is 4.92 Å². The third-order valence-electron chi connectivity index (χ3n) is 2.30. The molecule has 0 radical (unpaired) electrons. The van der Waals surface area contributed by atoms with Crippen molar-refractivity contribution in [2.45, 2.75) is 13.3 Å². The summed E-state index contributed by atoms with van der Waals surface area (Å²) in [7, 11) is 0. The van der Waals surface area contributed by atoms with E-state index in [-0.39, 0.29) is 17.3 Å². The lowest BCUT2D eigenvalue weighted by Gasteiger charge is -2.04. The first kappa shape index (κ1) is 15.2. The first-order chi connectivity index (χ1) is 9.54. The minimum atomic E-state index is -0.553. The Morgan fingerprint density at radius 1 is 1.60 bits per heavy atom. The van der Waals surface area contributed by atoms with Gasteiger partial charge in [-0.1, -0.05) is 23.3 Å². The van der Waals surface area contributed by atoms with Gasteiger partial charge in [-0.25, -0.2) is 0 Å². The van der Waals surface area contributed by atoms with Gasteiger partial charge in [0.15, 0.2) is 0 Å². The maximum atomic E-state index is 11.0. The van der Waals surface area contributed by atoms with Crippen LogP contribution in [0.3, 0.4) is 0 Å². The summed E-state index contributed by atoms with van der Waals surface area (Å²) in [5.41, 5.74) is 8.73. The maximum Gasteiger partial charge on any atom is 0.293 e. The largest absolute Gasteiger partial charge is 0.321 e. The highest BCUT2D eigenvalue weighted by Gasteiger charge is 2.14. The number of benzene rings is 1. The first-order valence-corrected chi connectivity index (χ1v) is 5.78. The predicted molar refractivity (Wildman–Crippen MR) is 75.1 cm³/mol. The highest BCUT2D eigenvalue weighted by atomic mass is 16.6. The quantitative estimate of drug-likeness (QED) is 0.214. The summed E-state index contributed by atoms with van der Waals surface area (Å²) in [6, 6.07) is 4.50. The number of hydrogen-bond acceptors (Lipinski definition) is 4. The molecule has 8 heteroatoms. The minimum absolute atomic E-state index is 0.161. The number of rotatable bonds is 6. The number of nitrogens with one attached hydrogen (secondary N) is 1. The fourth-order valence-corrected chi connectivity index (χ4v) is 1.50. The Bertz CT molecular complexity index is 591. The van der Waals surface area contributed by atoms with Gasteiger partial charge in [0, 0.05) is 24.4 Å². The molecule has 0 aliphatic heterocycles. The van der Waals surface area contributed by atoms with Gasteiger partial charge in [-0.05, 0) is 23.6 Å². The Hall–Kier alpha value is -2.86. The van der Waals surface area contributed by atoms with Gasteiger partial charge in [-0.3, -0.25) is 14.9 Å². The van der Waals surface area contributed by atoms with E-state index in [1.165, 1.54) is 19.1 Å². The molecule has 1 N–H and O–H groups in total. The monoisotopic (exact) mass is 275 g/mol. The number of hydrogen-bond donors (Lipinski definition) is 1. The SMILES string of the molecule is CC(=O)Nc1ccc(C=CCCN=[N+]=[N-])cc1[N+](=O)[O-]. The van der Waals surface area contributed by atoms with Crippen LogP contribution >= 0.6 is 0 Å². The minimum Gasteiger partial charge on any atom is -0.321 e. The molecule has 0 bridgehead atoms. The molecule has 0 heterocycles. The fourth-order valence-electron chi connectivity index (χ4n) is 1.50. The van der Waals surface area contributed by atoms with Crippen LogP contribution < -0.4 is 5.32 Å². The van der Waals surface area contributed by atoms with Crippen molar-refractivity contribution in [2.24, 2.45) is 5.11 Å². The zero-order chi connectivity index (χ0) is 15.0. The van der Waals surface area contributed by atoms with E-state index in [9.17, 15) is 14.9 Å². The van der Waals surface area contributed by atoms with Gasteiger partial charge in [-0.15, -0.1) is 0 Å². The summed E-state index contributed by atoms with van der Waals surface area (Å²) in [5, 5.41) is 16.7. The Morgan fingerprint density at radius 3 is 2.95 bits per heavy atom. The van der Waals surface area contributed by atoms with Crippen molar-refractivity contribution in [2.75, 3.05) is 11.9 Å². The van der Waals surface area contributed by atoms with E-state index >= 15 is 0 Å². The van der Waals surface area contributed by atoms with Gasteiger partial charge >= 0.3 is 0 Å². The predicted octanol–water partition coefficient (Wildman–Crippen LogP) is 3.27. The molecule has 0 saturated heterocycles. The summed E-state index contributed by atoms with van der Waals surface area (Å²) in [6.07, 6.45) is 3.99. The fraction of sp³-hybridized carbons (Fsp3) is 0.250. The van der Waals surface area contributed by atoms with Crippen LogP contribution in [-0.4, -0.2) is 17.4 Å². The molecule has 1 aromatic carbocycles. The van der Waals surface area contributed by atoms with Crippen LogP contribution in [-0.2, 0) is 4.79 Å². The van der Waals surface area contributed by atoms with Crippen LogP contribution in [0, 0.1) is 10.1 Å². The standard InChI is InChI=1S/C12H13N5O3/c1-9(18)15-11-6-5-10(8-12(11)17(19)20)4-2-3-7-14-16-13/h2,4-6,8H,3,7H2,1H3,(H,15,18). The van der Waals surface area contributed by atoms with Crippen molar-refractivity contribution in [3.05, 3.63) is 50.4 Å². The van der Waals surface area contributed by atoms with Crippen LogP contribution in [0.5, 0.6) is 0 Å². The second-order valence-electron chi connectivity index (χ2n) is 3.86. The molecule has 0 atom stereocenters. The normalized spacial score (nSPS) is 10.1. The second kappa shape index (κ2) is 7.55. The Morgan fingerprint density at radius 2 is 2.35 bits per heavy atom. The summed E-state index contributed by atoms with van der Waals surface area (Å²) in [5.74, 6) is -0.370. The number of azide groups is 1. The topological polar surface area (TPSA) is 121 Å². The Kier molecular flexibility index (Phi) is 5.74. The molecule has 0 aliphatic rings. The van der Waals surface area contributed by atoms with Gasteiger partial charge < -0.3 is 5.32 Å². The number of amides is 1. The average molecular weight is 275 g/mol. The molecule has 1 amide bonds. The highest BCUT2D eigenvalue weighted by Crippen LogP contribution is 2.26. The molecule has 0 aliphatic carbocycles. The summed E-state index contributed by atoms with van der Waals surface area (Å²) in [4.78, 5) is 24.0. The van der Waals surface area contributed by atoms with Crippen molar-refractivity contribution in [3.8, 4) is 0 Å². The molecule has 0 unspecified atom stereocenters. The van der Waals surface area contributed by atoms with Gasteiger partial charge in [-0.2, -0.15) is 0 Å². The van der Waals surface area contributed by atoms with Crippen molar-refractivity contribution in [1.29, 1.82) is 0 Å². The number of carbonyl (C=O) groups is 1. The van der Waals surface area contributed by atoms with Crippen LogP contribution in [0.1, 0.15) is 18.9 Å². The molecular formula is C12H13N5O3.